The highest BCUT2D eigenvalue weighted by Gasteiger charge is 2.08. The normalized spacial score (nSPS) is 10.6. The van der Waals surface area contributed by atoms with E-state index in [2.05, 4.69) is 4.98 Å². The average molecular weight is 358 g/mol. The molecule has 0 amide bonds. The van der Waals surface area contributed by atoms with E-state index in [0.29, 0.717) is 10.0 Å². The summed E-state index contributed by atoms with van der Waals surface area (Å²) in [5.74, 6) is 0.844. The van der Waals surface area contributed by atoms with Gasteiger partial charge in [-0.15, -0.1) is 0 Å². The molecule has 0 saturated carbocycles. The van der Waals surface area contributed by atoms with Crippen molar-refractivity contribution < 1.29 is 4.74 Å². The molecular weight excluding hydrogens is 341 g/mol. The zero-order chi connectivity index (χ0) is 16.9. The van der Waals surface area contributed by atoms with Gasteiger partial charge in [-0.05, 0) is 36.6 Å². The Kier molecular flexibility index (Phi) is 5.39. The van der Waals surface area contributed by atoms with Gasteiger partial charge in [-0.1, -0.05) is 53.5 Å². The Hall–Kier alpha value is -2.03. The minimum atomic E-state index is 0.655. The van der Waals surface area contributed by atoms with E-state index in [-0.39, 0.29) is 0 Å². The van der Waals surface area contributed by atoms with Crippen LogP contribution in [0.4, 0.5) is 0 Å². The number of pyridine rings is 1. The van der Waals surface area contributed by atoms with Crippen LogP contribution in [-0.2, 0) is 12.8 Å². The average Bonchev–Trinajstić information content (AvgIpc) is 2.60. The number of hydrogen-bond acceptors (Lipinski definition) is 2. The molecule has 0 bridgehead atoms. The van der Waals surface area contributed by atoms with Gasteiger partial charge in [0.05, 0.1) is 12.8 Å². The van der Waals surface area contributed by atoms with Gasteiger partial charge in [-0.2, -0.15) is 0 Å². The predicted octanol–water partition coefficient (Wildman–Crippen LogP) is 5.85. The highest BCUT2D eigenvalue weighted by molar-refractivity contribution is 6.34. The summed E-state index contributed by atoms with van der Waals surface area (Å²) in [6, 6.07) is 17.7. The minimum absolute atomic E-state index is 0.655. The number of rotatable bonds is 5. The molecule has 24 heavy (non-hydrogen) atoms. The molecule has 1 aromatic heterocycles. The Morgan fingerprint density at radius 2 is 1.62 bits per heavy atom. The Morgan fingerprint density at radius 3 is 2.29 bits per heavy atom. The van der Waals surface area contributed by atoms with Gasteiger partial charge < -0.3 is 4.74 Å². The van der Waals surface area contributed by atoms with Crippen molar-refractivity contribution in [1.82, 2.24) is 4.98 Å². The third-order valence-corrected chi connectivity index (χ3v) is 4.28. The lowest BCUT2D eigenvalue weighted by atomic mass is 10.0. The molecule has 2 nitrogen and oxygen atoms in total. The van der Waals surface area contributed by atoms with Crippen LogP contribution < -0.4 is 4.74 Å². The van der Waals surface area contributed by atoms with Gasteiger partial charge in [0.2, 0.25) is 0 Å². The first-order valence-corrected chi connectivity index (χ1v) is 8.44. The first kappa shape index (κ1) is 16.8. The quantitative estimate of drug-likeness (QED) is 0.571. The first-order valence-electron chi connectivity index (χ1n) is 7.69. The van der Waals surface area contributed by atoms with E-state index in [4.69, 9.17) is 27.9 Å². The molecule has 4 heteroatoms. The SMILES string of the molecule is COc1cc(-c2ccccc2)ncc1CCc1cc(Cl)cc(Cl)c1. The Morgan fingerprint density at radius 1 is 0.917 bits per heavy atom. The summed E-state index contributed by atoms with van der Waals surface area (Å²) in [5, 5.41) is 1.31. The molecular formula is C20H17Cl2NO. The summed E-state index contributed by atoms with van der Waals surface area (Å²) in [7, 11) is 1.68. The Balaban J connectivity index is 1.81. The van der Waals surface area contributed by atoms with Crippen molar-refractivity contribution in [1.29, 1.82) is 0 Å². The number of halogens is 2. The zero-order valence-electron chi connectivity index (χ0n) is 13.3. The fourth-order valence-corrected chi connectivity index (χ4v) is 3.22. The molecule has 122 valence electrons. The lowest BCUT2D eigenvalue weighted by Crippen LogP contribution is -1.98. The van der Waals surface area contributed by atoms with Crippen LogP contribution in [0.5, 0.6) is 5.75 Å². The Bertz CT molecular complexity index is 814. The number of benzene rings is 2. The largest absolute Gasteiger partial charge is 0.496 e. The van der Waals surface area contributed by atoms with Crippen LogP contribution in [0.15, 0.2) is 60.8 Å². The Labute approximate surface area is 152 Å². The maximum Gasteiger partial charge on any atom is 0.125 e. The monoisotopic (exact) mass is 357 g/mol. The smallest absolute Gasteiger partial charge is 0.125 e. The topological polar surface area (TPSA) is 22.1 Å². The maximum absolute atomic E-state index is 6.06. The molecule has 3 aromatic rings. The number of nitrogens with zero attached hydrogens (tertiary/aromatic N) is 1. The van der Waals surface area contributed by atoms with Crippen LogP contribution in [0, 0.1) is 0 Å². The van der Waals surface area contributed by atoms with Crippen molar-refractivity contribution in [3.8, 4) is 17.0 Å². The van der Waals surface area contributed by atoms with Gasteiger partial charge >= 0.3 is 0 Å². The fraction of sp³-hybridized carbons (Fsp3) is 0.150. The second kappa shape index (κ2) is 7.69. The van der Waals surface area contributed by atoms with Gasteiger partial charge in [0.15, 0.2) is 0 Å². The third kappa shape index (κ3) is 4.08. The van der Waals surface area contributed by atoms with Crippen molar-refractivity contribution in [3.63, 3.8) is 0 Å². The lowest BCUT2D eigenvalue weighted by Gasteiger charge is -2.11. The second-order valence-corrected chi connectivity index (χ2v) is 6.40. The van der Waals surface area contributed by atoms with Crippen molar-refractivity contribution in [3.05, 3.63) is 82.0 Å². The van der Waals surface area contributed by atoms with Crippen LogP contribution in [0.25, 0.3) is 11.3 Å². The molecule has 0 fully saturated rings. The highest BCUT2D eigenvalue weighted by atomic mass is 35.5. The number of hydrogen-bond donors (Lipinski definition) is 0. The lowest BCUT2D eigenvalue weighted by molar-refractivity contribution is 0.409. The standard InChI is InChI=1S/C20H17Cl2NO/c1-24-20-12-19(15-5-3-2-4-6-15)23-13-16(20)8-7-14-9-17(21)11-18(22)10-14/h2-6,9-13H,7-8H2,1H3. The second-order valence-electron chi connectivity index (χ2n) is 5.53. The summed E-state index contributed by atoms with van der Waals surface area (Å²) in [6.07, 6.45) is 3.51. The summed E-state index contributed by atoms with van der Waals surface area (Å²) < 4.78 is 5.55. The van der Waals surface area contributed by atoms with Crippen molar-refractivity contribution >= 4 is 23.2 Å². The molecule has 0 aliphatic carbocycles. The van der Waals surface area contributed by atoms with Gasteiger partial charge in [0, 0.05) is 33.4 Å². The van der Waals surface area contributed by atoms with E-state index in [1.54, 1.807) is 13.2 Å². The molecule has 1 heterocycles. The van der Waals surface area contributed by atoms with Crippen molar-refractivity contribution in [2.75, 3.05) is 7.11 Å². The van der Waals surface area contributed by atoms with Crippen LogP contribution in [0.2, 0.25) is 10.0 Å². The number of aryl methyl sites for hydroxylation is 2. The summed E-state index contributed by atoms with van der Waals surface area (Å²) in [5.41, 5.74) is 4.14. The van der Waals surface area contributed by atoms with Crippen LogP contribution in [-0.4, -0.2) is 12.1 Å². The molecule has 0 radical (unpaired) electrons. The van der Waals surface area contributed by atoms with E-state index in [1.807, 2.05) is 54.7 Å². The van der Waals surface area contributed by atoms with Crippen LogP contribution in [0.1, 0.15) is 11.1 Å². The van der Waals surface area contributed by atoms with Gasteiger partial charge in [0.25, 0.3) is 0 Å². The molecule has 0 aliphatic heterocycles. The van der Waals surface area contributed by atoms with Gasteiger partial charge in [-0.3, -0.25) is 4.98 Å². The summed E-state index contributed by atoms with van der Waals surface area (Å²) >= 11 is 12.1. The van der Waals surface area contributed by atoms with E-state index < -0.39 is 0 Å². The van der Waals surface area contributed by atoms with E-state index in [0.717, 1.165) is 41.0 Å². The number of aromatic nitrogens is 1. The fourth-order valence-electron chi connectivity index (χ4n) is 2.64. The molecule has 3 rings (SSSR count). The van der Waals surface area contributed by atoms with E-state index >= 15 is 0 Å². The molecule has 0 spiro atoms. The molecule has 0 atom stereocenters. The van der Waals surface area contributed by atoms with E-state index in [9.17, 15) is 0 Å². The molecule has 0 unspecified atom stereocenters. The molecule has 0 aliphatic rings. The molecule has 2 aromatic carbocycles. The van der Waals surface area contributed by atoms with E-state index in [1.165, 1.54) is 0 Å². The molecule has 0 saturated heterocycles. The predicted molar refractivity (Wildman–Crippen MR) is 100 cm³/mol. The maximum atomic E-state index is 6.06. The minimum Gasteiger partial charge on any atom is -0.496 e. The van der Waals surface area contributed by atoms with Crippen molar-refractivity contribution in [2.45, 2.75) is 12.8 Å². The summed E-state index contributed by atoms with van der Waals surface area (Å²) in [6.45, 7) is 0. The summed E-state index contributed by atoms with van der Waals surface area (Å²) in [4.78, 5) is 4.57. The van der Waals surface area contributed by atoms with Gasteiger partial charge in [0.1, 0.15) is 5.75 Å². The van der Waals surface area contributed by atoms with Crippen molar-refractivity contribution in [2.24, 2.45) is 0 Å². The first-order chi connectivity index (χ1) is 11.7. The molecule has 0 N–H and O–H groups in total. The van der Waals surface area contributed by atoms with Crippen LogP contribution >= 0.6 is 23.2 Å². The number of methoxy groups -OCH3 is 1. The van der Waals surface area contributed by atoms with Crippen LogP contribution in [0.3, 0.4) is 0 Å². The van der Waals surface area contributed by atoms with Gasteiger partial charge in [-0.25, -0.2) is 0 Å². The highest BCUT2D eigenvalue weighted by Crippen LogP contribution is 2.27. The number of ether oxygens (including phenoxy) is 1. The third-order valence-electron chi connectivity index (χ3n) is 3.84. The zero-order valence-corrected chi connectivity index (χ0v) is 14.8.